The molecule has 0 aliphatic carbocycles. The number of hydrazine groups is 1. The van der Waals surface area contributed by atoms with E-state index in [2.05, 4.69) is 21.7 Å². The van der Waals surface area contributed by atoms with Crippen molar-refractivity contribution in [2.75, 3.05) is 38.1 Å². The number of halogens is 2. The number of aryl methyl sites for hydroxylation is 1. The molecule has 244 valence electrons. The third kappa shape index (κ3) is 7.14. The zero-order chi connectivity index (χ0) is 31.4. The first-order valence-corrected chi connectivity index (χ1v) is 17.2. The highest BCUT2D eigenvalue weighted by Crippen LogP contribution is 2.44. The van der Waals surface area contributed by atoms with Crippen LogP contribution in [-0.4, -0.2) is 77.0 Å². The van der Waals surface area contributed by atoms with Gasteiger partial charge in [0.15, 0.2) is 0 Å². The zero-order valence-corrected chi connectivity index (χ0v) is 27.3. The van der Waals surface area contributed by atoms with Gasteiger partial charge in [-0.15, -0.1) is 5.17 Å². The predicted octanol–water partition coefficient (Wildman–Crippen LogP) is 6.37. The fourth-order valence-corrected chi connectivity index (χ4v) is 8.67. The number of carbonyl (C=O) groups is 2. The number of benzene rings is 2. The van der Waals surface area contributed by atoms with Crippen LogP contribution in [0.4, 0.5) is 10.5 Å². The quantitative estimate of drug-likeness (QED) is 0.296. The number of hydroxylamine groups is 1. The van der Waals surface area contributed by atoms with Crippen molar-refractivity contribution in [3.63, 3.8) is 0 Å². The number of aldehydes is 1. The van der Waals surface area contributed by atoms with E-state index in [-0.39, 0.29) is 25.0 Å². The molecule has 3 N–H and O–H groups in total. The van der Waals surface area contributed by atoms with Crippen LogP contribution in [0.5, 0.6) is 0 Å². The lowest BCUT2D eigenvalue weighted by atomic mass is 9.75. The minimum absolute atomic E-state index is 0.0537. The Labute approximate surface area is 276 Å². The number of carbonyl (C=O) groups excluding carboxylic acids is 2. The Morgan fingerprint density at radius 2 is 1.69 bits per heavy atom. The molecule has 6 rings (SSSR count). The maximum Gasteiger partial charge on any atom is 0.411 e. The number of nitrogens with zero attached hydrogens (tertiary/aromatic N) is 3. The number of hydrogen-bond acceptors (Lipinski definition) is 8. The van der Waals surface area contributed by atoms with Gasteiger partial charge < -0.3 is 14.8 Å². The third-order valence-electron chi connectivity index (χ3n) is 10.8. The van der Waals surface area contributed by atoms with Crippen molar-refractivity contribution in [3.8, 4) is 0 Å². The molecule has 11 heteroatoms. The van der Waals surface area contributed by atoms with Crippen LogP contribution < -0.4 is 10.7 Å². The summed E-state index contributed by atoms with van der Waals surface area (Å²) in [6.45, 7) is 4.30. The first-order chi connectivity index (χ1) is 21.9. The van der Waals surface area contributed by atoms with Crippen molar-refractivity contribution in [3.05, 3.63) is 63.6 Å². The van der Waals surface area contributed by atoms with E-state index in [0.29, 0.717) is 35.3 Å². The second-order valence-electron chi connectivity index (χ2n) is 13.2. The number of hydrogen-bond donors (Lipinski definition) is 3. The molecule has 0 aromatic heterocycles. The molecule has 0 bridgehead atoms. The molecule has 3 saturated heterocycles. The van der Waals surface area contributed by atoms with Gasteiger partial charge in [0.25, 0.3) is 0 Å². The van der Waals surface area contributed by atoms with Crippen LogP contribution in [0.3, 0.4) is 0 Å². The number of nitrogens with one attached hydrogen (secondary N) is 2. The Morgan fingerprint density at radius 3 is 2.44 bits per heavy atom. The summed E-state index contributed by atoms with van der Waals surface area (Å²) in [6, 6.07) is 13.1. The molecule has 4 heterocycles. The van der Waals surface area contributed by atoms with Gasteiger partial charge in [0, 0.05) is 26.1 Å². The van der Waals surface area contributed by atoms with Crippen molar-refractivity contribution in [2.45, 2.75) is 76.1 Å². The van der Waals surface area contributed by atoms with Crippen molar-refractivity contribution in [2.24, 2.45) is 17.8 Å². The Kier molecular flexibility index (Phi) is 10.5. The fraction of sp³-hybridized carbons (Fsp3) is 0.588. The van der Waals surface area contributed by atoms with Gasteiger partial charge >= 0.3 is 6.09 Å². The molecule has 0 saturated carbocycles. The molecular weight excluding hydrogens is 613 g/mol. The van der Waals surface area contributed by atoms with E-state index < -0.39 is 11.8 Å². The molecule has 9 nitrogen and oxygen atoms in total. The molecule has 4 aliphatic heterocycles. The first kappa shape index (κ1) is 32.5. The van der Waals surface area contributed by atoms with E-state index in [0.717, 1.165) is 75.3 Å². The number of anilines is 1. The Morgan fingerprint density at radius 1 is 0.956 bits per heavy atom. The molecule has 0 radical (unpaired) electrons. The van der Waals surface area contributed by atoms with Crippen LogP contribution in [0.1, 0.15) is 62.5 Å². The molecule has 3 fully saturated rings. The van der Waals surface area contributed by atoms with Gasteiger partial charge in [-0.05, 0) is 112 Å². The number of ether oxygens (including phenoxy) is 1. The van der Waals surface area contributed by atoms with Crippen LogP contribution in [0.25, 0.3) is 0 Å². The maximum atomic E-state index is 13.9. The van der Waals surface area contributed by atoms with Crippen LogP contribution in [0.2, 0.25) is 10.0 Å². The summed E-state index contributed by atoms with van der Waals surface area (Å²) < 4.78 is 5.90. The monoisotopic (exact) mass is 657 g/mol. The standard InChI is InChI=1S/C34H45Cl2N5O4/c35-29-7-5-24(21-30(29)36)23-45-33(43)40-19-13-28(32-8-6-27-3-1-2-4-31(27)38-41(32)44)22-34(40,14-20-42)39-17-11-26(12-18-39)25-9-15-37-16-10-25/h1-5,7,20-21,25-26,28,32,37-38,44H,6,8-19,22-23H2/t28-,32-,34+/m1/s1. The lowest BCUT2D eigenvalue weighted by molar-refractivity contribution is -0.157. The van der Waals surface area contributed by atoms with Gasteiger partial charge in [-0.1, -0.05) is 47.5 Å². The van der Waals surface area contributed by atoms with E-state index in [1.807, 2.05) is 18.2 Å². The topological polar surface area (TPSA) is 97.4 Å². The van der Waals surface area contributed by atoms with Crippen LogP contribution in [-0.2, 0) is 22.6 Å². The molecule has 0 spiro atoms. The van der Waals surface area contributed by atoms with Gasteiger partial charge in [-0.2, -0.15) is 0 Å². The largest absolute Gasteiger partial charge is 0.444 e. The van der Waals surface area contributed by atoms with Crippen LogP contribution in [0, 0.1) is 17.8 Å². The molecule has 2 aromatic rings. The number of rotatable bonds is 7. The van der Waals surface area contributed by atoms with Crippen LogP contribution in [0.15, 0.2) is 42.5 Å². The first-order valence-electron chi connectivity index (χ1n) is 16.5. The highest BCUT2D eigenvalue weighted by molar-refractivity contribution is 6.42. The summed E-state index contributed by atoms with van der Waals surface area (Å²) in [5.74, 6) is 1.44. The predicted molar refractivity (Wildman–Crippen MR) is 175 cm³/mol. The van der Waals surface area contributed by atoms with E-state index >= 15 is 0 Å². The summed E-state index contributed by atoms with van der Waals surface area (Å²) in [6.07, 6.45) is 8.09. The highest BCUT2D eigenvalue weighted by Gasteiger charge is 2.52. The zero-order valence-electron chi connectivity index (χ0n) is 25.8. The van der Waals surface area contributed by atoms with E-state index in [1.54, 1.807) is 23.1 Å². The number of fused-ring (bicyclic) bond motifs is 1. The minimum atomic E-state index is -0.835. The number of piperidine rings is 3. The van der Waals surface area contributed by atoms with Gasteiger partial charge in [0.2, 0.25) is 0 Å². The second kappa shape index (κ2) is 14.6. The molecular formula is C34H45Cl2N5O4. The Bertz CT molecular complexity index is 1340. The molecule has 4 aliphatic rings. The molecule has 2 aromatic carbocycles. The SMILES string of the molecule is O=CC[C@@]1(N2CCC(C3CCNCC3)CC2)C[C@H]([C@H]2CCc3ccccc3NN2O)CCN1C(=O)OCc1ccc(Cl)c(Cl)c1. The Hall–Kier alpha value is -2.40. The van der Waals surface area contributed by atoms with Gasteiger partial charge in [0.1, 0.15) is 18.6 Å². The third-order valence-corrected chi connectivity index (χ3v) is 11.5. The van der Waals surface area contributed by atoms with Crippen molar-refractivity contribution >= 4 is 41.3 Å². The number of likely N-dealkylation sites (tertiary alicyclic amines) is 2. The van der Waals surface area contributed by atoms with Crippen molar-refractivity contribution < 1.29 is 19.5 Å². The lowest BCUT2D eigenvalue weighted by Crippen LogP contribution is -2.68. The molecule has 45 heavy (non-hydrogen) atoms. The smallest absolute Gasteiger partial charge is 0.411 e. The van der Waals surface area contributed by atoms with Gasteiger partial charge in [0.05, 0.1) is 21.8 Å². The number of amides is 1. The summed E-state index contributed by atoms with van der Waals surface area (Å²) in [4.78, 5) is 30.6. The minimum Gasteiger partial charge on any atom is -0.444 e. The van der Waals surface area contributed by atoms with Crippen molar-refractivity contribution in [1.29, 1.82) is 0 Å². The normalized spacial score (nSPS) is 27.3. The van der Waals surface area contributed by atoms with Gasteiger partial charge in [-0.3, -0.25) is 20.4 Å². The summed E-state index contributed by atoms with van der Waals surface area (Å²) in [5.41, 5.74) is 5.19. The fourth-order valence-electron chi connectivity index (χ4n) is 8.35. The van der Waals surface area contributed by atoms with E-state index in [9.17, 15) is 14.8 Å². The average molecular weight is 659 g/mol. The van der Waals surface area contributed by atoms with Gasteiger partial charge in [-0.25, -0.2) is 4.79 Å². The summed E-state index contributed by atoms with van der Waals surface area (Å²) in [5, 5.41) is 16.9. The van der Waals surface area contributed by atoms with Crippen LogP contribution >= 0.6 is 23.2 Å². The Balaban J connectivity index is 1.24. The molecule has 0 unspecified atom stereocenters. The summed E-state index contributed by atoms with van der Waals surface area (Å²) in [7, 11) is 0. The number of para-hydroxylation sites is 1. The summed E-state index contributed by atoms with van der Waals surface area (Å²) >= 11 is 12.3. The lowest BCUT2D eigenvalue weighted by Gasteiger charge is -2.57. The maximum absolute atomic E-state index is 13.9. The second-order valence-corrected chi connectivity index (χ2v) is 14.0. The average Bonchev–Trinajstić information content (AvgIpc) is 3.23. The van der Waals surface area contributed by atoms with Crippen molar-refractivity contribution in [1.82, 2.24) is 20.3 Å². The molecule has 3 atom stereocenters. The highest BCUT2D eigenvalue weighted by atomic mass is 35.5. The van der Waals surface area contributed by atoms with E-state index in [1.165, 1.54) is 23.6 Å². The molecule has 1 amide bonds. The van der Waals surface area contributed by atoms with E-state index in [4.69, 9.17) is 27.9 Å².